The smallest absolute Gasteiger partial charge is 0.274 e. The molecular weight excluding hydrogens is 366 g/mol. The highest BCUT2D eigenvalue weighted by Gasteiger charge is 2.14. The van der Waals surface area contributed by atoms with Crippen molar-refractivity contribution in [2.24, 2.45) is 0 Å². The van der Waals surface area contributed by atoms with Crippen LogP contribution in [0.25, 0.3) is 0 Å². The maximum atomic E-state index is 12.6. The molecule has 0 bridgehead atoms. The first-order valence-corrected chi connectivity index (χ1v) is 9.40. The summed E-state index contributed by atoms with van der Waals surface area (Å²) in [5.74, 6) is -0.0986. The van der Waals surface area contributed by atoms with Crippen molar-refractivity contribution in [1.29, 1.82) is 0 Å². The fourth-order valence-corrected chi connectivity index (χ4v) is 2.84. The molecule has 0 fully saturated rings. The van der Waals surface area contributed by atoms with Gasteiger partial charge in [-0.05, 0) is 43.7 Å². The van der Waals surface area contributed by atoms with Crippen LogP contribution in [0.5, 0.6) is 5.75 Å². The predicted octanol–water partition coefficient (Wildman–Crippen LogP) is 3.97. The Bertz CT molecular complexity index is 1020. The van der Waals surface area contributed by atoms with Crippen LogP contribution >= 0.6 is 0 Å². The number of benzene rings is 2. The number of aromatic nitrogens is 1. The molecule has 148 valence electrons. The number of carbonyl (C=O) groups excluding carboxylic acids is 2. The summed E-state index contributed by atoms with van der Waals surface area (Å²) < 4.78 is 5.52. The molecule has 0 spiro atoms. The van der Waals surface area contributed by atoms with Crippen molar-refractivity contribution in [2.45, 2.75) is 20.4 Å². The van der Waals surface area contributed by atoms with Gasteiger partial charge in [-0.3, -0.25) is 14.6 Å². The molecule has 0 aliphatic carbocycles. The van der Waals surface area contributed by atoms with Gasteiger partial charge in [0, 0.05) is 18.3 Å². The fraction of sp³-hybridized carbons (Fsp3) is 0.174. The Morgan fingerprint density at radius 3 is 2.62 bits per heavy atom. The molecule has 0 unspecified atom stereocenters. The maximum Gasteiger partial charge on any atom is 0.274 e. The minimum Gasteiger partial charge on any atom is -0.492 e. The number of ether oxygens (including phenoxy) is 1. The average Bonchev–Trinajstić information content (AvgIpc) is 2.74. The number of hydrogen-bond acceptors (Lipinski definition) is 4. The molecule has 0 saturated heterocycles. The topological polar surface area (TPSA) is 80.3 Å². The SMILES string of the molecule is CCOc1ccccc1NC(=O)c1cc(C(=O)NCc2cccc(C)c2)ccn1. The molecule has 1 heterocycles. The summed E-state index contributed by atoms with van der Waals surface area (Å²) in [4.78, 5) is 29.2. The van der Waals surface area contributed by atoms with E-state index in [1.165, 1.54) is 12.3 Å². The monoisotopic (exact) mass is 389 g/mol. The first-order chi connectivity index (χ1) is 14.1. The summed E-state index contributed by atoms with van der Waals surface area (Å²) in [5, 5.41) is 5.65. The summed E-state index contributed by atoms with van der Waals surface area (Å²) >= 11 is 0. The van der Waals surface area contributed by atoms with E-state index in [4.69, 9.17) is 4.74 Å². The van der Waals surface area contributed by atoms with Crippen LogP contribution in [0.15, 0.2) is 66.9 Å². The molecule has 0 saturated carbocycles. The van der Waals surface area contributed by atoms with Crippen LogP contribution in [0, 0.1) is 6.92 Å². The number of amides is 2. The molecule has 0 atom stereocenters. The first-order valence-electron chi connectivity index (χ1n) is 9.40. The second kappa shape index (κ2) is 9.50. The minimum absolute atomic E-state index is 0.152. The average molecular weight is 389 g/mol. The van der Waals surface area contributed by atoms with Crippen LogP contribution in [0.4, 0.5) is 5.69 Å². The second-order valence-electron chi connectivity index (χ2n) is 6.48. The summed E-state index contributed by atoms with van der Waals surface area (Å²) in [5.41, 5.74) is 3.22. The number of hydrogen-bond donors (Lipinski definition) is 2. The van der Waals surface area contributed by atoms with Gasteiger partial charge in [0.2, 0.25) is 0 Å². The van der Waals surface area contributed by atoms with Gasteiger partial charge in [-0.15, -0.1) is 0 Å². The van der Waals surface area contributed by atoms with E-state index in [1.807, 2.05) is 44.2 Å². The largest absolute Gasteiger partial charge is 0.492 e. The standard InChI is InChI=1S/C23H23N3O3/c1-3-29-21-10-5-4-9-19(21)26-23(28)20-14-18(11-12-24-20)22(27)25-15-17-8-6-7-16(2)13-17/h4-14H,3,15H2,1-2H3,(H,25,27)(H,26,28). The van der Waals surface area contributed by atoms with Gasteiger partial charge in [0.25, 0.3) is 11.8 Å². The maximum absolute atomic E-state index is 12.6. The lowest BCUT2D eigenvalue weighted by Gasteiger charge is -2.11. The van der Waals surface area contributed by atoms with E-state index >= 15 is 0 Å². The van der Waals surface area contributed by atoms with Crippen molar-refractivity contribution in [3.63, 3.8) is 0 Å². The first kappa shape index (κ1) is 20.1. The van der Waals surface area contributed by atoms with Crippen molar-refractivity contribution in [3.05, 3.63) is 89.2 Å². The summed E-state index contributed by atoms with van der Waals surface area (Å²) in [6.45, 7) is 4.77. The molecule has 1 aromatic heterocycles. The lowest BCUT2D eigenvalue weighted by atomic mass is 10.1. The third-order valence-corrected chi connectivity index (χ3v) is 4.23. The van der Waals surface area contributed by atoms with E-state index < -0.39 is 5.91 Å². The number of nitrogens with one attached hydrogen (secondary N) is 2. The Morgan fingerprint density at radius 2 is 1.83 bits per heavy atom. The number of rotatable bonds is 7. The normalized spacial score (nSPS) is 10.3. The lowest BCUT2D eigenvalue weighted by molar-refractivity contribution is 0.0950. The van der Waals surface area contributed by atoms with Crippen molar-refractivity contribution in [1.82, 2.24) is 10.3 Å². The Balaban J connectivity index is 1.68. The van der Waals surface area contributed by atoms with Gasteiger partial charge >= 0.3 is 0 Å². The van der Waals surface area contributed by atoms with Crippen LogP contribution < -0.4 is 15.4 Å². The van der Waals surface area contributed by atoms with Crippen molar-refractivity contribution in [3.8, 4) is 5.75 Å². The van der Waals surface area contributed by atoms with Gasteiger partial charge in [0.1, 0.15) is 11.4 Å². The molecule has 6 nitrogen and oxygen atoms in total. The zero-order valence-electron chi connectivity index (χ0n) is 16.4. The number of pyridine rings is 1. The highest BCUT2D eigenvalue weighted by Crippen LogP contribution is 2.24. The van der Waals surface area contributed by atoms with Crippen LogP contribution in [0.3, 0.4) is 0 Å². The molecule has 3 rings (SSSR count). The summed E-state index contributed by atoms with van der Waals surface area (Å²) in [6.07, 6.45) is 1.45. The molecule has 2 N–H and O–H groups in total. The van der Waals surface area contributed by atoms with Gasteiger partial charge in [-0.1, -0.05) is 42.0 Å². The van der Waals surface area contributed by atoms with Crippen LogP contribution in [-0.2, 0) is 6.54 Å². The highest BCUT2D eigenvalue weighted by atomic mass is 16.5. The number of nitrogens with zero attached hydrogens (tertiary/aromatic N) is 1. The number of anilines is 1. The second-order valence-corrected chi connectivity index (χ2v) is 6.48. The Kier molecular flexibility index (Phi) is 6.58. The number of para-hydroxylation sites is 2. The van der Waals surface area contributed by atoms with Gasteiger partial charge < -0.3 is 15.4 Å². The lowest BCUT2D eigenvalue weighted by Crippen LogP contribution is -2.23. The van der Waals surface area contributed by atoms with Gasteiger partial charge in [0.15, 0.2) is 0 Å². The Labute approximate surface area is 169 Å². The minimum atomic E-state index is -0.412. The van der Waals surface area contributed by atoms with Crippen LogP contribution in [0.2, 0.25) is 0 Å². The highest BCUT2D eigenvalue weighted by molar-refractivity contribution is 6.05. The molecule has 2 amide bonds. The summed E-state index contributed by atoms with van der Waals surface area (Å²) in [7, 11) is 0. The Morgan fingerprint density at radius 1 is 1.00 bits per heavy atom. The van der Waals surface area contributed by atoms with Gasteiger partial charge in [0.05, 0.1) is 12.3 Å². The third-order valence-electron chi connectivity index (χ3n) is 4.23. The zero-order valence-corrected chi connectivity index (χ0v) is 16.4. The molecule has 6 heteroatoms. The number of carbonyl (C=O) groups is 2. The van der Waals surface area contributed by atoms with Crippen molar-refractivity contribution >= 4 is 17.5 Å². The van der Waals surface area contributed by atoms with E-state index in [0.29, 0.717) is 30.2 Å². The molecular formula is C23H23N3O3. The number of aryl methyl sites for hydroxylation is 1. The van der Waals surface area contributed by atoms with E-state index in [9.17, 15) is 9.59 Å². The molecule has 3 aromatic rings. The molecule has 0 aliphatic rings. The Hall–Kier alpha value is -3.67. The molecule has 0 aliphatic heterocycles. The van der Waals surface area contributed by atoms with Crippen LogP contribution in [0.1, 0.15) is 38.9 Å². The predicted molar refractivity (Wildman–Crippen MR) is 112 cm³/mol. The summed E-state index contributed by atoms with van der Waals surface area (Å²) in [6, 6.07) is 18.1. The quantitative estimate of drug-likeness (QED) is 0.641. The van der Waals surface area contributed by atoms with Gasteiger partial charge in [-0.25, -0.2) is 0 Å². The zero-order chi connectivity index (χ0) is 20.6. The van der Waals surface area contributed by atoms with E-state index in [2.05, 4.69) is 15.6 Å². The molecule has 0 radical (unpaired) electrons. The van der Waals surface area contributed by atoms with E-state index in [0.717, 1.165) is 11.1 Å². The molecule has 2 aromatic carbocycles. The third kappa shape index (κ3) is 5.42. The van der Waals surface area contributed by atoms with Crippen molar-refractivity contribution < 1.29 is 14.3 Å². The van der Waals surface area contributed by atoms with Crippen LogP contribution in [-0.4, -0.2) is 23.4 Å². The molecule has 29 heavy (non-hydrogen) atoms. The van der Waals surface area contributed by atoms with E-state index in [-0.39, 0.29) is 11.6 Å². The fourth-order valence-electron chi connectivity index (χ4n) is 2.84. The van der Waals surface area contributed by atoms with Crippen molar-refractivity contribution in [2.75, 3.05) is 11.9 Å². The van der Waals surface area contributed by atoms with Gasteiger partial charge in [-0.2, -0.15) is 0 Å². The van der Waals surface area contributed by atoms with E-state index in [1.54, 1.807) is 24.3 Å².